The molecule has 8 heteroatoms. The predicted octanol–water partition coefficient (Wildman–Crippen LogP) is 15.0. The average Bonchev–Trinajstić information content (AvgIpc) is 3.83. The van der Waals surface area contributed by atoms with E-state index in [1.54, 1.807) is 12.4 Å². The standard InChI is InChI=1S/C58H48N6O2/c1-57(2,3)39-25-27-59-55(31-39)63-51-19-9-7-17-45(51)47-23-21-43(33-53(47)63)65-41-15-11-13-37(29-41)49-35-62-50(36-61-49)38-14-12-16-42(30-38)66-44-22-24-48-46-18-8-10-20-52(46)64(54(48)34-44)56-32-40(26-28-60-56)58(4,5)6/h7-36H,1-6H3. The molecule has 0 aliphatic carbocycles. The quantitative estimate of drug-likeness (QED) is 0.151. The van der Waals surface area contributed by atoms with Crippen molar-refractivity contribution in [2.24, 2.45) is 0 Å². The minimum absolute atomic E-state index is 0.0123. The highest BCUT2D eigenvalue weighted by Crippen LogP contribution is 2.39. The zero-order valence-electron chi connectivity index (χ0n) is 37.8. The van der Waals surface area contributed by atoms with Gasteiger partial charge in [-0.2, -0.15) is 0 Å². The van der Waals surface area contributed by atoms with Crippen LogP contribution in [-0.4, -0.2) is 29.1 Å². The molecule has 0 fully saturated rings. The minimum Gasteiger partial charge on any atom is -0.457 e. The molecule has 0 saturated heterocycles. The molecule has 0 amide bonds. The smallest absolute Gasteiger partial charge is 0.137 e. The lowest BCUT2D eigenvalue weighted by atomic mass is 9.88. The molecule has 0 radical (unpaired) electrons. The first kappa shape index (κ1) is 40.7. The Balaban J connectivity index is 0.850. The van der Waals surface area contributed by atoms with Crippen molar-refractivity contribution in [2.75, 3.05) is 0 Å². The van der Waals surface area contributed by atoms with Crippen LogP contribution in [0.2, 0.25) is 0 Å². The SMILES string of the molecule is CC(C)(C)c1ccnc(-n2c3ccccc3c3ccc(Oc4cccc(-c5cnc(-c6cccc(Oc7ccc8c9ccccc9n(-c9cc(C(C)(C)C)ccn9)c8c7)c6)cn5)c4)cc32)c1. The number of nitrogens with zero attached hydrogens (tertiary/aromatic N) is 6. The Morgan fingerprint density at radius 3 is 1.20 bits per heavy atom. The summed E-state index contributed by atoms with van der Waals surface area (Å²) in [5.74, 6) is 4.61. The van der Waals surface area contributed by atoms with E-state index in [-0.39, 0.29) is 10.8 Å². The first-order chi connectivity index (χ1) is 31.9. The topological polar surface area (TPSA) is 79.9 Å². The van der Waals surface area contributed by atoms with E-state index in [1.807, 2.05) is 73.1 Å². The van der Waals surface area contributed by atoms with E-state index in [1.165, 1.54) is 21.9 Å². The van der Waals surface area contributed by atoms with Gasteiger partial charge in [0.2, 0.25) is 0 Å². The molecule has 6 aromatic carbocycles. The second-order valence-corrected chi connectivity index (χ2v) is 18.9. The van der Waals surface area contributed by atoms with E-state index in [0.29, 0.717) is 11.5 Å². The molecule has 0 N–H and O–H groups in total. The van der Waals surface area contributed by atoms with Crippen LogP contribution in [0.25, 0.3) is 77.8 Å². The number of para-hydroxylation sites is 2. The van der Waals surface area contributed by atoms with Crippen LogP contribution in [0, 0.1) is 0 Å². The molecule has 0 aliphatic rings. The van der Waals surface area contributed by atoms with Crippen molar-refractivity contribution in [1.29, 1.82) is 0 Å². The summed E-state index contributed by atoms with van der Waals surface area (Å²) in [5, 5.41) is 4.61. The Labute approximate surface area is 383 Å². The first-order valence-electron chi connectivity index (χ1n) is 22.3. The molecular formula is C58H48N6O2. The summed E-state index contributed by atoms with van der Waals surface area (Å²) in [5.41, 5.74) is 9.95. The fourth-order valence-electron chi connectivity index (χ4n) is 8.87. The van der Waals surface area contributed by atoms with Crippen molar-refractivity contribution in [3.8, 4) is 57.1 Å². The van der Waals surface area contributed by atoms with Gasteiger partial charge in [0.25, 0.3) is 0 Å². The summed E-state index contributed by atoms with van der Waals surface area (Å²) in [7, 11) is 0. The summed E-state index contributed by atoms with van der Waals surface area (Å²) in [6.45, 7) is 13.3. The minimum atomic E-state index is -0.0123. The first-order valence-corrected chi connectivity index (χ1v) is 22.3. The summed E-state index contributed by atoms with van der Waals surface area (Å²) < 4.78 is 17.6. The lowest BCUT2D eigenvalue weighted by Gasteiger charge is -2.20. The summed E-state index contributed by atoms with van der Waals surface area (Å²) in [6, 6.07) is 54.0. The largest absolute Gasteiger partial charge is 0.457 e. The monoisotopic (exact) mass is 860 g/mol. The van der Waals surface area contributed by atoms with Gasteiger partial charge in [-0.05, 0) is 107 Å². The van der Waals surface area contributed by atoms with E-state index in [2.05, 4.69) is 148 Å². The van der Waals surface area contributed by atoms with Gasteiger partial charge in [0.05, 0.1) is 45.8 Å². The van der Waals surface area contributed by atoms with Crippen LogP contribution in [0.5, 0.6) is 23.0 Å². The van der Waals surface area contributed by atoms with Crippen LogP contribution < -0.4 is 9.47 Å². The third kappa shape index (κ3) is 7.50. The van der Waals surface area contributed by atoms with E-state index in [9.17, 15) is 0 Å². The van der Waals surface area contributed by atoms with E-state index in [0.717, 1.165) is 78.5 Å². The molecular weight excluding hydrogens is 813 g/mol. The molecule has 66 heavy (non-hydrogen) atoms. The van der Waals surface area contributed by atoms with Crippen LogP contribution in [0.1, 0.15) is 52.7 Å². The van der Waals surface area contributed by atoms with Crippen molar-refractivity contribution in [2.45, 2.75) is 52.4 Å². The predicted molar refractivity (Wildman–Crippen MR) is 268 cm³/mol. The number of fused-ring (bicyclic) bond motifs is 6. The Kier molecular flexibility index (Phi) is 9.77. The second kappa shape index (κ2) is 15.9. The molecule has 5 heterocycles. The van der Waals surface area contributed by atoms with Crippen LogP contribution in [0.15, 0.2) is 183 Å². The molecule has 8 nitrogen and oxygen atoms in total. The van der Waals surface area contributed by atoms with Gasteiger partial charge in [-0.15, -0.1) is 0 Å². The third-order valence-corrected chi connectivity index (χ3v) is 12.4. The molecule has 322 valence electrons. The van der Waals surface area contributed by atoms with Crippen molar-refractivity contribution in [3.05, 3.63) is 194 Å². The molecule has 0 atom stereocenters. The van der Waals surface area contributed by atoms with Gasteiger partial charge < -0.3 is 9.47 Å². The fraction of sp³-hybridized carbons (Fsp3) is 0.138. The summed E-state index contributed by atoms with van der Waals surface area (Å²) >= 11 is 0. The van der Waals surface area contributed by atoms with Crippen molar-refractivity contribution in [1.82, 2.24) is 29.1 Å². The number of aromatic nitrogens is 6. The number of hydrogen-bond acceptors (Lipinski definition) is 6. The Bertz CT molecular complexity index is 3390. The maximum absolute atomic E-state index is 6.55. The van der Waals surface area contributed by atoms with Crippen LogP contribution in [0.3, 0.4) is 0 Å². The van der Waals surface area contributed by atoms with Gasteiger partial charge in [0.1, 0.15) is 34.6 Å². The van der Waals surface area contributed by atoms with Gasteiger partial charge in [-0.3, -0.25) is 19.1 Å². The molecule has 0 bridgehead atoms. The number of hydrogen-bond donors (Lipinski definition) is 0. The second-order valence-electron chi connectivity index (χ2n) is 18.9. The van der Waals surface area contributed by atoms with Crippen molar-refractivity contribution in [3.63, 3.8) is 0 Å². The van der Waals surface area contributed by atoms with Crippen molar-refractivity contribution < 1.29 is 9.47 Å². The van der Waals surface area contributed by atoms with E-state index >= 15 is 0 Å². The van der Waals surface area contributed by atoms with Gasteiger partial charge in [0, 0.05) is 57.2 Å². The summed E-state index contributed by atoms with van der Waals surface area (Å²) in [4.78, 5) is 19.4. The highest BCUT2D eigenvalue weighted by molar-refractivity contribution is 6.10. The molecule has 0 aliphatic heterocycles. The Hall–Kier alpha value is -8.10. The highest BCUT2D eigenvalue weighted by atomic mass is 16.5. The summed E-state index contributed by atoms with van der Waals surface area (Å²) in [6.07, 6.45) is 7.41. The van der Waals surface area contributed by atoms with Gasteiger partial charge in [-0.25, -0.2) is 9.97 Å². The van der Waals surface area contributed by atoms with Gasteiger partial charge in [-0.1, -0.05) is 102 Å². The number of benzene rings is 6. The fourth-order valence-corrected chi connectivity index (χ4v) is 8.87. The molecule has 0 spiro atoms. The molecule has 11 aromatic rings. The lowest BCUT2D eigenvalue weighted by molar-refractivity contribution is 0.483. The number of pyridine rings is 2. The molecule has 5 aromatic heterocycles. The molecule has 0 saturated carbocycles. The van der Waals surface area contributed by atoms with Gasteiger partial charge >= 0.3 is 0 Å². The Morgan fingerprint density at radius 2 is 0.773 bits per heavy atom. The molecule has 11 rings (SSSR count). The number of rotatable bonds is 8. The van der Waals surface area contributed by atoms with Crippen LogP contribution >= 0.6 is 0 Å². The zero-order valence-corrected chi connectivity index (χ0v) is 37.8. The highest BCUT2D eigenvalue weighted by Gasteiger charge is 2.20. The van der Waals surface area contributed by atoms with Gasteiger partial charge in [0.15, 0.2) is 0 Å². The zero-order chi connectivity index (χ0) is 45.2. The lowest BCUT2D eigenvalue weighted by Crippen LogP contribution is -2.12. The van der Waals surface area contributed by atoms with Crippen molar-refractivity contribution >= 4 is 43.6 Å². The Morgan fingerprint density at radius 1 is 0.364 bits per heavy atom. The maximum atomic E-state index is 6.55. The third-order valence-electron chi connectivity index (χ3n) is 12.4. The average molecular weight is 861 g/mol. The maximum Gasteiger partial charge on any atom is 0.137 e. The normalized spacial score (nSPS) is 12.1. The molecule has 0 unspecified atom stereocenters. The number of ether oxygens (including phenoxy) is 2. The van der Waals surface area contributed by atoms with Crippen LogP contribution in [0.4, 0.5) is 0 Å². The van der Waals surface area contributed by atoms with E-state index in [4.69, 9.17) is 29.4 Å². The van der Waals surface area contributed by atoms with E-state index < -0.39 is 0 Å². The van der Waals surface area contributed by atoms with Crippen LogP contribution in [-0.2, 0) is 10.8 Å².